The molecule has 0 unspecified atom stereocenters. The van der Waals surface area contributed by atoms with Crippen LogP contribution in [-0.2, 0) is 0 Å². The van der Waals surface area contributed by atoms with Crippen molar-refractivity contribution in [2.45, 2.75) is 6.92 Å². The van der Waals surface area contributed by atoms with Gasteiger partial charge in [0.1, 0.15) is 5.82 Å². The molecule has 0 spiro atoms. The summed E-state index contributed by atoms with van der Waals surface area (Å²) in [7, 11) is 0. The summed E-state index contributed by atoms with van der Waals surface area (Å²) in [4.78, 5) is 28.5. The van der Waals surface area contributed by atoms with Crippen LogP contribution in [0, 0.1) is 12.7 Å². The highest BCUT2D eigenvalue weighted by atomic mass is 35.5. The van der Waals surface area contributed by atoms with E-state index in [4.69, 9.17) is 11.6 Å². The Kier molecular flexibility index (Phi) is 6.08. The molecule has 2 aromatic carbocycles. The molecule has 0 aromatic heterocycles. The Morgan fingerprint density at radius 1 is 1.11 bits per heavy atom. The fraction of sp³-hybridized carbons (Fsp3) is 0.300. The van der Waals surface area contributed by atoms with Crippen molar-refractivity contribution in [3.8, 4) is 0 Å². The number of benzene rings is 2. The second kappa shape index (κ2) is 8.50. The Bertz CT molecular complexity index is 851. The van der Waals surface area contributed by atoms with Gasteiger partial charge in [-0.2, -0.15) is 0 Å². The summed E-state index contributed by atoms with van der Waals surface area (Å²) in [6, 6.07) is 11.2. The Labute approximate surface area is 162 Å². The lowest BCUT2D eigenvalue weighted by atomic mass is 10.1. The molecule has 1 aliphatic heterocycles. The quantitative estimate of drug-likeness (QED) is 0.809. The summed E-state index contributed by atoms with van der Waals surface area (Å²) in [5.74, 6) is -0.360. The Hall–Kier alpha value is -2.44. The Balaban J connectivity index is 1.50. The maximum absolute atomic E-state index is 13.3. The van der Waals surface area contributed by atoms with Crippen LogP contribution in [0.3, 0.4) is 0 Å². The average molecular weight is 390 g/mol. The van der Waals surface area contributed by atoms with Crippen LogP contribution >= 0.6 is 11.6 Å². The van der Waals surface area contributed by atoms with E-state index in [9.17, 15) is 14.0 Å². The third-order valence-corrected chi connectivity index (χ3v) is 4.82. The van der Waals surface area contributed by atoms with E-state index in [0.717, 1.165) is 0 Å². The third-order valence-electron chi connectivity index (χ3n) is 4.58. The van der Waals surface area contributed by atoms with Gasteiger partial charge in [-0.1, -0.05) is 17.7 Å². The van der Waals surface area contributed by atoms with Gasteiger partial charge in [-0.25, -0.2) is 9.18 Å². The van der Waals surface area contributed by atoms with Crippen molar-refractivity contribution in [3.05, 3.63) is 64.4 Å². The topological polar surface area (TPSA) is 52.7 Å². The van der Waals surface area contributed by atoms with Crippen LogP contribution in [0.5, 0.6) is 0 Å². The SMILES string of the molecule is Cc1cc(C(=O)CN2CCN(C(=O)Nc3cccc(Cl)c3)CC2)ccc1F. The molecule has 0 saturated carbocycles. The number of rotatable bonds is 4. The van der Waals surface area contributed by atoms with E-state index in [-0.39, 0.29) is 24.2 Å². The van der Waals surface area contributed by atoms with Gasteiger partial charge in [-0.05, 0) is 48.9 Å². The molecule has 2 amide bonds. The summed E-state index contributed by atoms with van der Waals surface area (Å²) in [5.41, 5.74) is 1.62. The fourth-order valence-electron chi connectivity index (χ4n) is 2.99. The van der Waals surface area contributed by atoms with Crippen molar-refractivity contribution < 1.29 is 14.0 Å². The van der Waals surface area contributed by atoms with Crippen molar-refractivity contribution in [3.63, 3.8) is 0 Å². The summed E-state index contributed by atoms with van der Waals surface area (Å²) in [6.07, 6.45) is 0. The maximum atomic E-state index is 13.3. The second-order valence-electron chi connectivity index (χ2n) is 6.59. The highest BCUT2D eigenvalue weighted by Gasteiger charge is 2.23. The smallest absolute Gasteiger partial charge is 0.321 e. The van der Waals surface area contributed by atoms with Crippen LogP contribution in [0.4, 0.5) is 14.9 Å². The monoisotopic (exact) mass is 389 g/mol. The highest BCUT2D eigenvalue weighted by molar-refractivity contribution is 6.30. The number of nitrogens with one attached hydrogen (secondary N) is 1. The minimum absolute atomic E-state index is 0.0464. The lowest BCUT2D eigenvalue weighted by Gasteiger charge is -2.34. The summed E-state index contributed by atoms with van der Waals surface area (Å²) >= 11 is 5.93. The van der Waals surface area contributed by atoms with Crippen LogP contribution in [0.1, 0.15) is 15.9 Å². The number of hydrogen-bond acceptors (Lipinski definition) is 3. The van der Waals surface area contributed by atoms with Crippen LogP contribution in [0.2, 0.25) is 5.02 Å². The zero-order chi connectivity index (χ0) is 19.4. The summed E-state index contributed by atoms with van der Waals surface area (Å²) in [5, 5.41) is 3.39. The summed E-state index contributed by atoms with van der Waals surface area (Å²) in [6.45, 7) is 4.17. The molecular weight excluding hydrogens is 369 g/mol. The number of carbonyl (C=O) groups is 2. The lowest BCUT2D eigenvalue weighted by molar-refractivity contribution is 0.0883. The normalized spacial score (nSPS) is 14.9. The number of halogens is 2. The van der Waals surface area contributed by atoms with Crippen molar-refractivity contribution in [2.24, 2.45) is 0 Å². The molecule has 0 aliphatic carbocycles. The zero-order valence-electron chi connectivity index (χ0n) is 15.0. The molecule has 0 bridgehead atoms. The number of Topliss-reactive ketones (excluding diaryl/α,β-unsaturated/α-hetero) is 1. The number of amides is 2. The molecule has 1 fully saturated rings. The molecule has 27 heavy (non-hydrogen) atoms. The van der Waals surface area contributed by atoms with Gasteiger partial charge in [-0.15, -0.1) is 0 Å². The van der Waals surface area contributed by atoms with Gasteiger partial charge in [0.2, 0.25) is 0 Å². The molecule has 1 N–H and O–H groups in total. The first kappa shape index (κ1) is 19.3. The van der Waals surface area contributed by atoms with Gasteiger partial charge in [-0.3, -0.25) is 9.69 Å². The molecule has 7 heteroatoms. The number of aryl methyl sites for hydroxylation is 1. The van der Waals surface area contributed by atoms with E-state index in [2.05, 4.69) is 5.32 Å². The molecule has 142 valence electrons. The molecule has 2 aromatic rings. The van der Waals surface area contributed by atoms with E-state index >= 15 is 0 Å². The molecule has 0 atom stereocenters. The van der Waals surface area contributed by atoms with Gasteiger partial charge in [0, 0.05) is 42.5 Å². The minimum Gasteiger partial charge on any atom is -0.322 e. The maximum Gasteiger partial charge on any atom is 0.321 e. The number of ketones is 1. The van der Waals surface area contributed by atoms with Crippen LogP contribution in [-0.4, -0.2) is 54.3 Å². The number of hydrogen-bond donors (Lipinski definition) is 1. The number of anilines is 1. The number of nitrogens with zero attached hydrogens (tertiary/aromatic N) is 2. The molecule has 0 radical (unpaired) electrons. The van der Waals surface area contributed by atoms with Crippen LogP contribution in [0.15, 0.2) is 42.5 Å². The van der Waals surface area contributed by atoms with Gasteiger partial charge >= 0.3 is 6.03 Å². The third kappa shape index (κ3) is 5.05. The predicted octanol–water partition coefficient (Wildman–Crippen LogP) is 3.82. The fourth-order valence-corrected chi connectivity index (χ4v) is 3.18. The zero-order valence-corrected chi connectivity index (χ0v) is 15.8. The van der Waals surface area contributed by atoms with Crippen molar-refractivity contribution >= 4 is 29.1 Å². The van der Waals surface area contributed by atoms with E-state index in [1.807, 2.05) is 4.90 Å². The van der Waals surface area contributed by atoms with E-state index in [1.165, 1.54) is 12.1 Å². The summed E-state index contributed by atoms with van der Waals surface area (Å²) < 4.78 is 13.3. The first-order valence-corrected chi connectivity index (χ1v) is 9.13. The van der Waals surface area contributed by atoms with Gasteiger partial charge < -0.3 is 10.2 Å². The molecular formula is C20H21ClFN3O2. The standard InChI is InChI=1S/C20H21ClFN3O2/c1-14-11-15(5-6-18(14)22)19(26)13-24-7-9-25(10-8-24)20(27)23-17-4-2-3-16(21)12-17/h2-6,11-12H,7-10,13H2,1H3,(H,23,27). The van der Waals surface area contributed by atoms with Crippen molar-refractivity contribution in [1.29, 1.82) is 0 Å². The van der Waals surface area contributed by atoms with Crippen molar-refractivity contribution in [1.82, 2.24) is 9.80 Å². The Morgan fingerprint density at radius 2 is 1.85 bits per heavy atom. The predicted molar refractivity (Wildman–Crippen MR) is 104 cm³/mol. The average Bonchev–Trinajstić information content (AvgIpc) is 2.64. The largest absolute Gasteiger partial charge is 0.322 e. The minimum atomic E-state index is -0.314. The van der Waals surface area contributed by atoms with Gasteiger partial charge in [0.15, 0.2) is 5.78 Å². The van der Waals surface area contributed by atoms with Crippen LogP contribution < -0.4 is 5.32 Å². The Morgan fingerprint density at radius 3 is 2.52 bits per heavy atom. The van der Waals surface area contributed by atoms with Crippen molar-refractivity contribution in [2.75, 3.05) is 38.0 Å². The first-order valence-electron chi connectivity index (χ1n) is 8.75. The number of carbonyl (C=O) groups excluding carboxylic acids is 2. The van der Waals surface area contributed by atoms with E-state index in [1.54, 1.807) is 42.2 Å². The second-order valence-corrected chi connectivity index (χ2v) is 7.03. The molecule has 3 rings (SSSR count). The van der Waals surface area contributed by atoms with Gasteiger partial charge in [0.25, 0.3) is 0 Å². The van der Waals surface area contributed by atoms with Crippen LogP contribution in [0.25, 0.3) is 0 Å². The number of piperazine rings is 1. The highest BCUT2D eigenvalue weighted by Crippen LogP contribution is 2.16. The van der Waals surface area contributed by atoms with E-state index in [0.29, 0.717) is 48.0 Å². The number of urea groups is 1. The molecule has 1 heterocycles. The molecule has 1 aliphatic rings. The molecule has 5 nitrogen and oxygen atoms in total. The first-order chi connectivity index (χ1) is 12.9. The van der Waals surface area contributed by atoms with Gasteiger partial charge in [0.05, 0.1) is 6.54 Å². The van der Waals surface area contributed by atoms with E-state index < -0.39 is 0 Å². The lowest BCUT2D eigenvalue weighted by Crippen LogP contribution is -2.51. The molecule has 1 saturated heterocycles.